The van der Waals surface area contributed by atoms with Gasteiger partial charge < -0.3 is 16.4 Å². The molecule has 0 radical (unpaired) electrons. The van der Waals surface area contributed by atoms with Crippen LogP contribution in [0.15, 0.2) is 18.2 Å². The summed E-state index contributed by atoms with van der Waals surface area (Å²) < 4.78 is 0. The van der Waals surface area contributed by atoms with Crippen LogP contribution in [0.25, 0.3) is 0 Å². The maximum atomic E-state index is 12.0. The van der Waals surface area contributed by atoms with Crippen LogP contribution in [0.4, 0.5) is 11.4 Å². The summed E-state index contributed by atoms with van der Waals surface area (Å²) in [7, 11) is 0. The molecular formula is C14H23N3O. The number of rotatable bonds is 6. The Hall–Kier alpha value is -1.71. The van der Waals surface area contributed by atoms with Crippen molar-refractivity contribution < 1.29 is 4.79 Å². The minimum Gasteiger partial charge on any atom is -0.399 e. The number of nitrogens with one attached hydrogen (secondary N) is 2. The van der Waals surface area contributed by atoms with E-state index in [-0.39, 0.29) is 5.91 Å². The van der Waals surface area contributed by atoms with E-state index in [1.54, 1.807) is 12.1 Å². The van der Waals surface area contributed by atoms with Gasteiger partial charge in [-0.15, -0.1) is 0 Å². The predicted molar refractivity (Wildman–Crippen MR) is 76.9 cm³/mol. The van der Waals surface area contributed by atoms with Crippen LogP contribution in [0.3, 0.4) is 0 Å². The van der Waals surface area contributed by atoms with Gasteiger partial charge in [-0.3, -0.25) is 4.79 Å². The van der Waals surface area contributed by atoms with Gasteiger partial charge in [-0.25, -0.2) is 0 Å². The topological polar surface area (TPSA) is 67.2 Å². The summed E-state index contributed by atoms with van der Waals surface area (Å²) in [5.74, 6) is -0.0741. The minimum absolute atomic E-state index is 0.0741. The molecule has 4 nitrogen and oxygen atoms in total. The van der Waals surface area contributed by atoms with Crippen molar-refractivity contribution in [1.29, 1.82) is 0 Å². The highest BCUT2D eigenvalue weighted by atomic mass is 16.1. The maximum Gasteiger partial charge on any atom is 0.253 e. The lowest BCUT2D eigenvalue weighted by Gasteiger charge is -2.17. The van der Waals surface area contributed by atoms with Crippen LogP contribution in [0.5, 0.6) is 0 Å². The number of amides is 1. The van der Waals surface area contributed by atoms with Gasteiger partial charge in [0, 0.05) is 24.0 Å². The molecule has 0 aliphatic carbocycles. The van der Waals surface area contributed by atoms with Crippen LogP contribution < -0.4 is 16.4 Å². The average molecular weight is 249 g/mol. The van der Waals surface area contributed by atoms with E-state index in [0.717, 1.165) is 18.5 Å². The number of hydrogen-bond donors (Lipinski definition) is 3. The molecule has 0 saturated heterocycles. The zero-order valence-electron chi connectivity index (χ0n) is 11.4. The normalized spacial score (nSPS) is 11.9. The number of nitrogens with two attached hydrogens (primary N) is 1. The summed E-state index contributed by atoms with van der Waals surface area (Å²) in [6.45, 7) is 6.89. The summed E-state index contributed by atoms with van der Waals surface area (Å²) >= 11 is 0. The van der Waals surface area contributed by atoms with Gasteiger partial charge in [-0.2, -0.15) is 0 Å². The Morgan fingerprint density at radius 1 is 1.39 bits per heavy atom. The fraction of sp³-hybridized carbons (Fsp3) is 0.500. The Morgan fingerprint density at radius 3 is 2.72 bits per heavy atom. The van der Waals surface area contributed by atoms with E-state index in [0.29, 0.717) is 23.8 Å². The molecule has 0 saturated carbocycles. The molecule has 0 aliphatic rings. The number of benzene rings is 1. The Balaban J connectivity index is 2.92. The van der Waals surface area contributed by atoms with Gasteiger partial charge in [0.25, 0.3) is 5.91 Å². The second-order valence-electron chi connectivity index (χ2n) is 4.51. The van der Waals surface area contributed by atoms with Crippen LogP contribution >= 0.6 is 0 Å². The first-order chi connectivity index (χ1) is 8.58. The quantitative estimate of drug-likeness (QED) is 0.679. The molecule has 18 heavy (non-hydrogen) atoms. The summed E-state index contributed by atoms with van der Waals surface area (Å²) in [5.41, 5.74) is 7.81. The Bertz CT molecular complexity index is 404. The Labute approximate surface area is 109 Å². The van der Waals surface area contributed by atoms with Gasteiger partial charge in [-0.1, -0.05) is 13.8 Å². The molecule has 1 aromatic carbocycles. The molecule has 100 valence electrons. The van der Waals surface area contributed by atoms with Crippen molar-refractivity contribution in [3.8, 4) is 0 Å². The van der Waals surface area contributed by atoms with E-state index in [1.807, 2.05) is 13.0 Å². The van der Waals surface area contributed by atoms with Crippen molar-refractivity contribution in [1.82, 2.24) is 5.32 Å². The maximum absolute atomic E-state index is 12.0. The fourth-order valence-corrected chi connectivity index (χ4v) is 1.58. The summed E-state index contributed by atoms with van der Waals surface area (Å²) in [4.78, 5) is 12.0. The molecule has 0 bridgehead atoms. The van der Waals surface area contributed by atoms with Gasteiger partial charge in [0.2, 0.25) is 0 Å². The number of hydrogen-bond acceptors (Lipinski definition) is 3. The van der Waals surface area contributed by atoms with E-state index in [2.05, 4.69) is 24.5 Å². The van der Waals surface area contributed by atoms with Crippen LogP contribution in [-0.2, 0) is 0 Å². The molecule has 1 atom stereocenters. The van der Waals surface area contributed by atoms with Gasteiger partial charge in [0.15, 0.2) is 0 Å². The van der Waals surface area contributed by atoms with Crippen molar-refractivity contribution >= 4 is 17.3 Å². The van der Waals surface area contributed by atoms with Gasteiger partial charge in [0.05, 0.1) is 5.56 Å². The second-order valence-corrected chi connectivity index (χ2v) is 4.51. The Kier molecular flexibility index (Phi) is 5.49. The predicted octanol–water partition coefficient (Wildman–Crippen LogP) is 2.62. The zero-order valence-corrected chi connectivity index (χ0v) is 11.4. The monoisotopic (exact) mass is 249 g/mol. The third kappa shape index (κ3) is 3.95. The lowest BCUT2D eigenvalue weighted by molar-refractivity contribution is 0.0954. The van der Waals surface area contributed by atoms with E-state index in [9.17, 15) is 4.79 Å². The first-order valence-corrected chi connectivity index (χ1v) is 6.52. The summed E-state index contributed by atoms with van der Waals surface area (Å²) in [6, 6.07) is 5.71. The highest BCUT2D eigenvalue weighted by Crippen LogP contribution is 2.20. The molecule has 0 unspecified atom stereocenters. The standard InChI is InChI=1S/C14H23N3O/c1-4-8-16-14(18)12-9-11(15)6-7-13(12)17-10(3)5-2/h6-7,9-10,17H,4-5,8,15H2,1-3H3,(H,16,18)/t10-/m1/s1. The molecule has 0 fully saturated rings. The minimum atomic E-state index is -0.0741. The van der Waals surface area contributed by atoms with Crippen molar-refractivity contribution in [2.45, 2.75) is 39.7 Å². The lowest BCUT2D eigenvalue weighted by Crippen LogP contribution is -2.26. The van der Waals surface area contributed by atoms with Crippen LogP contribution in [-0.4, -0.2) is 18.5 Å². The summed E-state index contributed by atoms with van der Waals surface area (Å²) in [5, 5.41) is 6.20. The highest BCUT2D eigenvalue weighted by Gasteiger charge is 2.12. The molecule has 0 aliphatic heterocycles. The molecule has 0 heterocycles. The number of carbonyl (C=O) groups is 1. The number of nitrogen functional groups attached to an aromatic ring is 1. The van der Waals surface area contributed by atoms with Crippen molar-refractivity contribution in [3.63, 3.8) is 0 Å². The van der Waals surface area contributed by atoms with Gasteiger partial charge in [0.1, 0.15) is 0 Å². The van der Waals surface area contributed by atoms with E-state index in [1.165, 1.54) is 0 Å². The third-order valence-electron chi connectivity index (χ3n) is 2.84. The SMILES string of the molecule is CCCNC(=O)c1cc(N)ccc1N[C@H](C)CC. The first kappa shape index (κ1) is 14.4. The van der Waals surface area contributed by atoms with E-state index >= 15 is 0 Å². The van der Waals surface area contributed by atoms with Gasteiger partial charge >= 0.3 is 0 Å². The van der Waals surface area contributed by atoms with Crippen molar-refractivity contribution in [3.05, 3.63) is 23.8 Å². The number of anilines is 2. The summed E-state index contributed by atoms with van der Waals surface area (Å²) in [6.07, 6.45) is 1.92. The van der Waals surface area contributed by atoms with Crippen LogP contribution in [0.2, 0.25) is 0 Å². The van der Waals surface area contributed by atoms with Crippen molar-refractivity contribution in [2.75, 3.05) is 17.6 Å². The molecule has 4 heteroatoms. The molecule has 1 aromatic rings. The second kappa shape index (κ2) is 6.89. The highest BCUT2D eigenvalue weighted by molar-refractivity contribution is 6.00. The zero-order chi connectivity index (χ0) is 13.5. The molecular weight excluding hydrogens is 226 g/mol. The molecule has 4 N–H and O–H groups in total. The molecule has 0 aromatic heterocycles. The van der Waals surface area contributed by atoms with Crippen molar-refractivity contribution in [2.24, 2.45) is 0 Å². The molecule has 0 spiro atoms. The lowest BCUT2D eigenvalue weighted by atomic mass is 10.1. The average Bonchev–Trinajstić information content (AvgIpc) is 2.37. The van der Waals surface area contributed by atoms with Gasteiger partial charge in [-0.05, 0) is 38.0 Å². The third-order valence-corrected chi connectivity index (χ3v) is 2.84. The van der Waals surface area contributed by atoms with Crippen LogP contribution in [0.1, 0.15) is 44.0 Å². The number of carbonyl (C=O) groups excluding carboxylic acids is 1. The Morgan fingerprint density at radius 2 is 2.11 bits per heavy atom. The smallest absolute Gasteiger partial charge is 0.253 e. The molecule has 1 rings (SSSR count). The van der Waals surface area contributed by atoms with Crippen LogP contribution in [0, 0.1) is 0 Å². The van der Waals surface area contributed by atoms with E-state index in [4.69, 9.17) is 5.73 Å². The largest absolute Gasteiger partial charge is 0.399 e. The van der Waals surface area contributed by atoms with E-state index < -0.39 is 0 Å². The fourth-order valence-electron chi connectivity index (χ4n) is 1.58. The molecule has 1 amide bonds. The first-order valence-electron chi connectivity index (χ1n) is 6.52.